The third-order valence-electron chi connectivity index (χ3n) is 3.91. The molecule has 1 aromatic carbocycles. The summed E-state index contributed by atoms with van der Waals surface area (Å²) in [4.78, 5) is 12.0. The Morgan fingerprint density at radius 3 is 2.90 bits per heavy atom. The molecule has 4 nitrogen and oxygen atoms in total. The quantitative estimate of drug-likeness (QED) is 0.891. The van der Waals surface area contributed by atoms with Gasteiger partial charge in [0.2, 0.25) is 5.91 Å². The highest BCUT2D eigenvalue weighted by atomic mass is 16.1. The molecule has 0 atom stereocenters. The molecule has 0 aliphatic heterocycles. The van der Waals surface area contributed by atoms with Crippen LogP contribution in [0.4, 0.5) is 5.69 Å². The number of aromatic nitrogens is 2. The largest absolute Gasteiger partial charge is 0.326 e. The van der Waals surface area contributed by atoms with E-state index in [0.29, 0.717) is 12.3 Å². The van der Waals surface area contributed by atoms with Gasteiger partial charge in [0.15, 0.2) is 0 Å². The van der Waals surface area contributed by atoms with Crippen molar-refractivity contribution < 1.29 is 4.79 Å². The number of rotatable bonds is 4. The Balaban J connectivity index is 1.65. The van der Waals surface area contributed by atoms with E-state index in [0.717, 1.165) is 16.9 Å². The van der Waals surface area contributed by atoms with Crippen LogP contribution in [-0.4, -0.2) is 16.1 Å². The van der Waals surface area contributed by atoms with Gasteiger partial charge in [-0.1, -0.05) is 25.0 Å². The first-order chi connectivity index (χ1) is 9.81. The molecule has 0 saturated heterocycles. The maximum atomic E-state index is 12.0. The Kier molecular flexibility index (Phi) is 3.81. The molecule has 0 bridgehead atoms. The van der Waals surface area contributed by atoms with Crippen LogP contribution in [0.1, 0.15) is 32.1 Å². The fraction of sp³-hybridized carbons (Fsp3) is 0.375. The van der Waals surface area contributed by atoms with Crippen LogP contribution in [0.15, 0.2) is 36.5 Å². The van der Waals surface area contributed by atoms with Gasteiger partial charge < -0.3 is 5.32 Å². The molecule has 0 spiro atoms. The van der Waals surface area contributed by atoms with Gasteiger partial charge in [0.1, 0.15) is 0 Å². The van der Waals surface area contributed by atoms with Crippen molar-refractivity contribution in [2.24, 2.45) is 5.92 Å². The summed E-state index contributed by atoms with van der Waals surface area (Å²) in [5.41, 5.74) is 2.83. The zero-order valence-corrected chi connectivity index (χ0v) is 11.4. The Hall–Kier alpha value is -2.10. The van der Waals surface area contributed by atoms with Crippen LogP contribution in [0.5, 0.6) is 0 Å². The zero-order chi connectivity index (χ0) is 13.8. The van der Waals surface area contributed by atoms with Crippen LogP contribution >= 0.6 is 0 Å². The number of amides is 1. The minimum absolute atomic E-state index is 0.124. The predicted molar refractivity (Wildman–Crippen MR) is 79.2 cm³/mol. The average Bonchev–Trinajstić information content (AvgIpc) is 3.11. The average molecular weight is 269 g/mol. The summed E-state index contributed by atoms with van der Waals surface area (Å²) in [5.74, 6) is 0.699. The molecule has 1 amide bonds. The number of hydrogen-bond donors (Lipinski definition) is 2. The first kappa shape index (κ1) is 12.9. The van der Waals surface area contributed by atoms with Gasteiger partial charge >= 0.3 is 0 Å². The van der Waals surface area contributed by atoms with Crippen molar-refractivity contribution in [1.82, 2.24) is 10.2 Å². The van der Waals surface area contributed by atoms with Crippen LogP contribution in [0.25, 0.3) is 11.3 Å². The van der Waals surface area contributed by atoms with Gasteiger partial charge in [0, 0.05) is 23.9 Å². The number of carbonyl (C=O) groups is 1. The second-order valence-electron chi connectivity index (χ2n) is 5.45. The summed E-state index contributed by atoms with van der Waals surface area (Å²) in [6.07, 6.45) is 7.30. The van der Waals surface area contributed by atoms with Crippen LogP contribution < -0.4 is 5.32 Å². The van der Waals surface area contributed by atoms with E-state index in [-0.39, 0.29) is 5.91 Å². The normalized spacial score (nSPS) is 15.4. The number of H-pyrrole nitrogens is 1. The first-order valence-corrected chi connectivity index (χ1v) is 7.21. The fourth-order valence-electron chi connectivity index (χ4n) is 2.87. The summed E-state index contributed by atoms with van der Waals surface area (Å²) in [7, 11) is 0. The second kappa shape index (κ2) is 5.90. The van der Waals surface area contributed by atoms with Crippen molar-refractivity contribution >= 4 is 11.6 Å². The molecule has 2 N–H and O–H groups in total. The van der Waals surface area contributed by atoms with E-state index in [1.165, 1.54) is 25.7 Å². The molecule has 4 heteroatoms. The number of carbonyl (C=O) groups excluding carboxylic acids is 1. The van der Waals surface area contributed by atoms with Gasteiger partial charge in [-0.2, -0.15) is 5.10 Å². The maximum Gasteiger partial charge on any atom is 0.224 e. The van der Waals surface area contributed by atoms with Crippen molar-refractivity contribution in [3.63, 3.8) is 0 Å². The lowest BCUT2D eigenvalue weighted by molar-refractivity contribution is -0.117. The Morgan fingerprint density at radius 2 is 2.15 bits per heavy atom. The molecule has 0 radical (unpaired) electrons. The molecule has 1 aliphatic carbocycles. The molecule has 104 valence electrons. The molecule has 1 heterocycles. The number of nitrogens with zero attached hydrogens (tertiary/aromatic N) is 1. The Bertz CT molecular complexity index is 571. The SMILES string of the molecule is O=C(CC1CCCC1)Nc1cccc(-c2ccn[nH]2)c1. The lowest BCUT2D eigenvalue weighted by atomic mass is 10.0. The van der Waals surface area contributed by atoms with E-state index in [4.69, 9.17) is 0 Å². The van der Waals surface area contributed by atoms with Gasteiger partial charge in [-0.3, -0.25) is 9.89 Å². The standard InChI is InChI=1S/C16H19N3O/c20-16(10-12-4-1-2-5-12)18-14-7-3-6-13(11-14)15-8-9-17-19-15/h3,6-9,11-12H,1-2,4-5,10H2,(H,17,19)(H,18,20). The molecule has 1 aromatic heterocycles. The third kappa shape index (κ3) is 3.07. The van der Waals surface area contributed by atoms with Crippen molar-refractivity contribution in [2.45, 2.75) is 32.1 Å². The van der Waals surface area contributed by atoms with Crippen molar-refractivity contribution in [3.8, 4) is 11.3 Å². The number of nitrogens with one attached hydrogen (secondary N) is 2. The maximum absolute atomic E-state index is 12.0. The van der Waals surface area contributed by atoms with Crippen LogP contribution in [0, 0.1) is 5.92 Å². The highest BCUT2D eigenvalue weighted by Crippen LogP contribution is 2.28. The van der Waals surface area contributed by atoms with Crippen LogP contribution in [-0.2, 0) is 4.79 Å². The molecule has 20 heavy (non-hydrogen) atoms. The number of benzene rings is 1. The highest BCUT2D eigenvalue weighted by molar-refractivity contribution is 5.91. The predicted octanol–water partition coefficient (Wildman–Crippen LogP) is 3.60. The summed E-state index contributed by atoms with van der Waals surface area (Å²) >= 11 is 0. The molecule has 3 rings (SSSR count). The monoisotopic (exact) mass is 269 g/mol. The van der Waals surface area contributed by atoms with E-state index in [2.05, 4.69) is 15.5 Å². The van der Waals surface area contributed by atoms with Gasteiger partial charge in [-0.15, -0.1) is 0 Å². The Labute approximate surface area is 118 Å². The molecule has 1 saturated carbocycles. The Morgan fingerprint density at radius 1 is 1.30 bits per heavy atom. The topological polar surface area (TPSA) is 57.8 Å². The molecule has 1 aliphatic rings. The summed E-state index contributed by atoms with van der Waals surface area (Å²) < 4.78 is 0. The lowest BCUT2D eigenvalue weighted by Crippen LogP contribution is -2.15. The molecule has 1 fully saturated rings. The number of hydrogen-bond acceptors (Lipinski definition) is 2. The number of aromatic amines is 1. The van der Waals surface area contributed by atoms with E-state index in [1.807, 2.05) is 30.3 Å². The lowest BCUT2D eigenvalue weighted by Gasteiger charge is -2.10. The van der Waals surface area contributed by atoms with Gasteiger partial charge in [0.05, 0.1) is 5.69 Å². The van der Waals surface area contributed by atoms with Crippen molar-refractivity contribution in [1.29, 1.82) is 0 Å². The number of anilines is 1. The summed E-state index contributed by atoms with van der Waals surface area (Å²) in [5, 5.41) is 9.87. The smallest absolute Gasteiger partial charge is 0.224 e. The minimum Gasteiger partial charge on any atom is -0.326 e. The van der Waals surface area contributed by atoms with Crippen molar-refractivity contribution in [3.05, 3.63) is 36.5 Å². The van der Waals surface area contributed by atoms with E-state index in [1.54, 1.807) is 6.20 Å². The minimum atomic E-state index is 0.124. The summed E-state index contributed by atoms with van der Waals surface area (Å²) in [6.45, 7) is 0. The van der Waals surface area contributed by atoms with Gasteiger partial charge in [-0.25, -0.2) is 0 Å². The second-order valence-corrected chi connectivity index (χ2v) is 5.45. The van der Waals surface area contributed by atoms with Gasteiger partial charge in [-0.05, 0) is 37.0 Å². The van der Waals surface area contributed by atoms with E-state index in [9.17, 15) is 4.79 Å². The van der Waals surface area contributed by atoms with Crippen LogP contribution in [0.3, 0.4) is 0 Å². The van der Waals surface area contributed by atoms with E-state index >= 15 is 0 Å². The van der Waals surface area contributed by atoms with Gasteiger partial charge in [0.25, 0.3) is 0 Å². The third-order valence-corrected chi connectivity index (χ3v) is 3.91. The fourth-order valence-corrected chi connectivity index (χ4v) is 2.87. The zero-order valence-electron chi connectivity index (χ0n) is 11.4. The molecule has 2 aromatic rings. The molecule has 0 unspecified atom stereocenters. The van der Waals surface area contributed by atoms with Crippen LogP contribution in [0.2, 0.25) is 0 Å². The molecular weight excluding hydrogens is 250 g/mol. The summed E-state index contributed by atoms with van der Waals surface area (Å²) in [6, 6.07) is 9.76. The molecular formula is C16H19N3O. The van der Waals surface area contributed by atoms with Crippen molar-refractivity contribution in [2.75, 3.05) is 5.32 Å². The first-order valence-electron chi connectivity index (χ1n) is 7.21. The van der Waals surface area contributed by atoms with E-state index < -0.39 is 0 Å². The highest BCUT2D eigenvalue weighted by Gasteiger charge is 2.18.